The number of anilines is 1. The van der Waals surface area contributed by atoms with Gasteiger partial charge in [0.2, 0.25) is 0 Å². The number of phosphoric ester groups is 1. The fraction of sp³-hybridized carbons (Fsp3) is 0.562. The van der Waals surface area contributed by atoms with E-state index in [4.69, 9.17) is 13.8 Å². The third kappa shape index (κ3) is 10.1. The summed E-state index contributed by atoms with van der Waals surface area (Å²) < 4.78 is 26.9. The first-order valence-corrected chi connectivity index (χ1v) is 9.38. The Bertz CT molecular complexity index is 598. The number of nitrogens with zero attached hydrogens (tertiary/aromatic N) is 1. The molecule has 9 heteroatoms. The maximum atomic E-state index is 11.9. The minimum Gasteiger partial charge on any atom is -0.444 e. The summed E-state index contributed by atoms with van der Waals surface area (Å²) in [7, 11) is -0.366. The van der Waals surface area contributed by atoms with Gasteiger partial charge in [0.05, 0.1) is 6.61 Å². The summed E-state index contributed by atoms with van der Waals surface area (Å²) in [6, 6.07) is 5.98. The van der Waals surface area contributed by atoms with Gasteiger partial charge in [-0.2, -0.15) is 0 Å². The Hall–Kier alpha value is -1.60. The monoisotopic (exact) mass is 374 g/mol. The van der Waals surface area contributed by atoms with E-state index in [-0.39, 0.29) is 12.4 Å². The van der Waals surface area contributed by atoms with Gasteiger partial charge in [0.25, 0.3) is 0 Å². The third-order valence-electron chi connectivity index (χ3n) is 2.72. The predicted octanol–water partition coefficient (Wildman–Crippen LogP) is 3.48. The maximum absolute atomic E-state index is 11.9. The molecule has 0 saturated carbocycles. The molecule has 0 bridgehead atoms. The first-order chi connectivity index (χ1) is 11.5. The summed E-state index contributed by atoms with van der Waals surface area (Å²) in [6.45, 7) is 6.15. The molecule has 0 heterocycles. The van der Waals surface area contributed by atoms with Crippen molar-refractivity contribution in [1.82, 2.24) is 4.90 Å². The van der Waals surface area contributed by atoms with Crippen LogP contribution >= 0.6 is 7.82 Å². The molecule has 1 unspecified atom stereocenters. The molecular formula is C16H27N2O6P. The van der Waals surface area contributed by atoms with Crippen molar-refractivity contribution in [2.24, 2.45) is 0 Å². The van der Waals surface area contributed by atoms with Crippen LogP contribution < -0.4 is 9.84 Å². The molecule has 0 spiro atoms. The largest absolute Gasteiger partial charge is 0.527 e. The minimum absolute atomic E-state index is 0.115. The van der Waals surface area contributed by atoms with Crippen LogP contribution in [0.3, 0.4) is 0 Å². The summed E-state index contributed by atoms with van der Waals surface area (Å²) in [5.41, 5.74) is -0.123. The van der Waals surface area contributed by atoms with Gasteiger partial charge < -0.3 is 14.2 Å². The van der Waals surface area contributed by atoms with Crippen molar-refractivity contribution in [3.63, 3.8) is 0 Å². The number of carbonyl (C=O) groups excluding carboxylic acids is 1. The van der Waals surface area contributed by atoms with Crippen LogP contribution in [-0.2, 0) is 13.8 Å². The van der Waals surface area contributed by atoms with E-state index in [9.17, 15) is 14.3 Å². The van der Waals surface area contributed by atoms with Gasteiger partial charge in [-0.3, -0.25) is 14.7 Å². The second kappa shape index (κ2) is 9.20. The molecule has 1 amide bonds. The average molecular weight is 374 g/mol. The summed E-state index contributed by atoms with van der Waals surface area (Å²) in [4.78, 5) is 23.3. The van der Waals surface area contributed by atoms with Gasteiger partial charge in [0, 0.05) is 5.69 Å². The van der Waals surface area contributed by atoms with Crippen LogP contribution in [0.4, 0.5) is 10.5 Å². The Balaban J connectivity index is 2.50. The highest BCUT2D eigenvalue weighted by Gasteiger charge is 2.22. The van der Waals surface area contributed by atoms with Gasteiger partial charge in [-0.15, -0.1) is 0 Å². The van der Waals surface area contributed by atoms with Crippen LogP contribution in [0, 0.1) is 0 Å². The van der Waals surface area contributed by atoms with Crippen molar-refractivity contribution in [3.8, 4) is 5.75 Å². The van der Waals surface area contributed by atoms with E-state index in [2.05, 4.69) is 5.32 Å². The van der Waals surface area contributed by atoms with Gasteiger partial charge in [-0.1, -0.05) is 0 Å². The van der Waals surface area contributed by atoms with E-state index in [0.29, 0.717) is 12.1 Å². The Labute approximate surface area is 148 Å². The zero-order valence-electron chi connectivity index (χ0n) is 15.3. The average Bonchev–Trinajstić information content (AvgIpc) is 2.43. The first kappa shape index (κ1) is 21.4. The van der Waals surface area contributed by atoms with Gasteiger partial charge >= 0.3 is 13.9 Å². The summed E-state index contributed by atoms with van der Waals surface area (Å²) in [6.07, 6.45) is 0.0258. The highest BCUT2D eigenvalue weighted by molar-refractivity contribution is 7.47. The lowest BCUT2D eigenvalue weighted by atomic mass is 10.2. The number of hydrogen-bond donors (Lipinski definition) is 2. The molecule has 0 radical (unpaired) electrons. The third-order valence-corrected chi connectivity index (χ3v) is 3.67. The van der Waals surface area contributed by atoms with E-state index in [1.165, 1.54) is 24.3 Å². The van der Waals surface area contributed by atoms with E-state index in [0.717, 1.165) is 6.54 Å². The molecule has 0 aliphatic rings. The first-order valence-electron chi connectivity index (χ1n) is 7.88. The molecule has 0 aliphatic carbocycles. The quantitative estimate of drug-likeness (QED) is 0.531. The van der Waals surface area contributed by atoms with Crippen LogP contribution in [-0.4, -0.2) is 48.7 Å². The van der Waals surface area contributed by atoms with Gasteiger partial charge in [0.1, 0.15) is 11.4 Å². The maximum Gasteiger partial charge on any atom is 0.527 e. The molecule has 2 N–H and O–H groups in total. The number of hydrogen-bond acceptors (Lipinski definition) is 6. The van der Waals surface area contributed by atoms with Crippen LogP contribution in [0.1, 0.15) is 27.2 Å². The van der Waals surface area contributed by atoms with E-state index < -0.39 is 19.5 Å². The summed E-state index contributed by atoms with van der Waals surface area (Å²) >= 11 is 0. The molecule has 1 rings (SSSR count). The number of benzene rings is 1. The number of ether oxygens (including phenoxy) is 1. The Kier molecular flexibility index (Phi) is 7.89. The molecule has 142 valence electrons. The SMILES string of the molecule is CN(C)CCCOP(=O)(O)Oc1ccc(NC(=O)OC(C)(C)C)cc1. The van der Waals surface area contributed by atoms with E-state index in [1.807, 2.05) is 19.0 Å². The lowest BCUT2D eigenvalue weighted by molar-refractivity contribution is 0.0636. The standard InChI is InChI=1S/C16H27N2O6P/c1-16(2,3)23-15(19)17-13-7-9-14(10-8-13)24-25(20,21)22-12-6-11-18(4)5/h7-10H,6,11-12H2,1-5H3,(H,17,19)(H,20,21). The molecule has 8 nitrogen and oxygen atoms in total. The smallest absolute Gasteiger partial charge is 0.444 e. The van der Waals surface area contributed by atoms with Gasteiger partial charge in [-0.05, 0) is 72.1 Å². The van der Waals surface area contributed by atoms with Crippen molar-refractivity contribution >= 4 is 19.6 Å². The van der Waals surface area contributed by atoms with Crippen molar-refractivity contribution in [2.75, 3.05) is 32.6 Å². The minimum atomic E-state index is -4.18. The molecule has 1 atom stereocenters. The summed E-state index contributed by atoms with van der Waals surface area (Å²) in [5.74, 6) is 0.160. The van der Waals surface area contributed by atoms with Crippen LogP contribution in [0.5, 0.6) is 5.75 Å². The molecule has 0 aromatic heterocycles. The number of rotatable bonds is 8. The van der Waals surface area contributed by atoms with E-state index in [1.54, 1.807) is 20.8 Å². The van der Waals surface area contributed by atoms with Crippen molar-refractivity contribution in [3.05, 3.63) is 24.3 Å². The Morgan fingerprint density at radius 1 is 1.24 bits per heavy atom. The van der Waals surface area contributed by atoms with Crippen LogP contribution in [0.2, 0.25) is 0 Å². The second-order valence-corrected chi connectivity index (χ2v) is 8.08. The zero-order valence-corrected chi connectivity index (χ0v) is 16.2. The van der Waals surface area contributed by atoms with Gasteiger partial charge in [-0.25, -0.2) is 9.36 Å². The molecule has 0 saturated heterocycles. The number of nitrogens with one attached hydrogen (secondary N) is 1. The fourth-order valence-corrected chi connectivity index (χ4v) is 2.54. The molecule has 1 aromatic carbocycles. The van der Waals surface area contributed by atoms with Crippen molar-refractivity contribution < 1.29 is 28.0 Å². The van der Waals surface area contributed by atoms with Crippen LogP contribution in [0.15, 0.2) is 24.3 Å². The zero-order chi connectivity index (χ0) is 19.1. The predicted molar refractivity (Wildman–Crippen MR) is 95.9 cm³/mol. The molecule has 0 aliphatic heterocycles. The number of amides is 1. The van der Waals surface area contributed by atoms with Gasteiger partial charge in [0.15, 0.2) is 0 Å². The van der Waals surface area contributed by atoms with Crippen molar-refractivity contribution in [1.29, 1.82) is 0 Å². The lowest BCUT2D eigenvalue weighted by Crippen LogP contribution is -2.27. The highest BCUT2D eigenvalue weighted by atomic mass is 31.2. The van der Waals surface area contributed by atoms with Crippen molar-refractivity contribution in [2.45, 2.75) is 32.8 Å². The molecule has 0 fully saturated rings. The number of phosphoric acid groups is 1. The summed E-state index contributed by atoms with van der Waals surface area (Å²) in [5, 5.41) is 2.56. The normalized spacial score (nSPS) is 14.0. The lowest BCUT2D eigenvalue weighted by Gasteiger charge is -2.19. The number of carbonyl (C=O) groups is 1. The fourth-order valence-electron chi connectivity index (χ4n) is 1.74. The molecule has 25 heavy (non-hydrogen) atoms. The van der Waals surface area contributed by atoms with Crippen LogP contribution in [0.25, 0.3) is 0 Å². The molecule has 1 aromatic rings. The molecular weight excluding hydrogens is 347 g/mol. The Morgan fingerprint density at radius 3 is 2.36 bits per heavy atom. The van der Waals surface area contributed by atoms with E-state index >= 15 is 0 Å². The second-order valence-electron chi connectivity index (χ2n) is 6.70. The Morgan fingerprint density at radius 2 is 1.84 bits per heavy atom. The highest BCUT2D eigenvalue weighted by Crippen LogP contribution is 2.43. The topological polar surface area (TPSA) is 97.3 Å².